The number of hydrogen-bond donors (Lipinski definition) is 1. The Labute approximate surface area is 119 Å². The van der Waals surface area contributed by atoms with E-state index in [1.54, 1.807) is 0 Å². The lowest BCUT2D eigenvalue weighted by molar-refractivity contribution is 0.552. The Balaban J connectivity index is 2.24. The van der Waals surface area contributed by atoms with Crippen molar-refractivity contribution in [2.45, 2.75) is 39.7 Å². The van der Waals surface area contributed by atoms with Crippen molar-refractivity contribution < 1.29 is 0 Å². The van der Waals surface area contributed by atoms with Gasteiger partial charge in [-0.1, -0.05) is 42.6 Å². The van der Waals surface area contributed by atoms with Gasteiger partial charge in [0, 0.05) is 6.04 Å². The van der Waals surface area contributed by atoms with Gasteiger partial charge >= 0.3 is 0 Å². The smallest absolute Gasteiger partial charge is 0.0801 e. The molecule has 1 atom stereocenters. The molecule has 0 aliphatic rings. The zero-order valence-electron chi connectivity index (χ0n) is 11.8. The maximum Gasteiger partial charge on any atom is 0.0801 e. The third-order valence-electron chi connectivity index (χ3n) is 3.37. The van der Waals surface area contributed by atoms with E-state index in [0.717, 1.165) is 25.1 Å². The molecule has 2 rings (SSSR count). The van der Waals surface area contributed by atoms with Crippen molar-refractivity contribution in [2.75, 3.05) is 6.54 Å². The highest BCUT2D eigenvalue weighted by molar-refractivity contribution is 7.05. The average Bonchev–Trinajstić information content (AvgIpc) is 2.89. The largest absolute Gasteiger partial charge is 0.309 e. The van der Waals surface area contributed by atoms with Gasteiger partial charge in [-0.15, -0.1) is 5.10 Å². The van der Waals surface area contributed by atoms with E-state index in [1.807, 2.05) is 0 Å². The van der Waals surface area contributed by atoms with E-state index in [0.29, 0.717) is 6.04 Å². The van der Waals surface area contributed by atoms with Crippen molar-refractivity contribution in [2.24, 2.45) is 0 Å². The molecule has 1 N–H and O–H groups in total. The fourth-order valence-corrected chi connectivity index (χ4v) is 3.10. The maximum absolute atomic E-state index is 4.23. The van der Waals surface area contributed by atoms with E-state index >= 15 is 0 Å². The first-order valence-corrected chi connectivity index (χ1v) is 7.62. The minimum atomic E-state index is 0.320. The van der Waals surface area contributed by atoms with Crippen LogP contribution in [0, 0.1) is 6.92 Å². The Morgan fingerprint density at radius 3 is 2.74 bits per heavy atom. The third kappa shape index (κ3) is 3.39. The third-order valence-corrected chi connectivity index (χ3v) is 4.25. The predicted molar refractivity (Wildman–Crippen MR) is 80.6 cm³/mol. The van der Waals surface area contributed by atoms with Crippen LogP contribution in [0.5, 0.6) is 0 Å². The average molecular weight is 275 g/mol. The lowest BCUT2D eigenvalue weighted by Gasteiger charge is -2.18. The summed E-state index contributed by atoms with van der Waals surface area (Å²) in [6, 6.07) is 8.90. The standard InChI is InChI=1S/C15H21N3S/c1-4-13-15(19-18-17-13)14(16-5-2)10-12-9-7-6-8-11(12)3/h6-9,14,16H,4-5,10H2,1-3H3. The molecule has 0 radical (unpaired) electrons. The van der Waals surface area contributed by atoms with Crippen LogP contribution in [0.2, 0.25) is 0 Å². The molecule has 0 bridgehead atoms. The summed E-state index contributed by atoms with van der Waals surface area (Å²) in [7, 11) is 0. The highest BCUT2D eigenvalue weighted by atomic mass is 32.1. The van der Waals surface area contributed by atoms with Crippen LogP contribution >= 0.6 is 11.5 Å². The van der Waals surface area contributed by atoms with Gasteiger partial charge in [0.2, 0.25) is 0 Å². The lowest BCUT2D eigenvalue weighted by atomic mass is 9.99. The van der Waals surface area contributed by atoms with Crippen LogP contribution in [-0.2, 0) is 12.8 Å². The molecule has 0 aliphatic heterocycles. The van der Waals surface area contributed by atoms with Gasteiger partial charge in [-0.05, 0) is 49.0 Å². The van der Waals surface area contributed by atoms with Crippen molar-refractivity contribution >= 4 is 11.5 Å². The number of benzene rings is 1. The topological polar surface area (TPSA) is 37.8 Å². The van der Waals surface area contributed by atoms with Crippen LogP contribution in [-0.4, -0.2) is 16.1 Å². The van der Waals surface area contributed by atoms with Gasteiger partial charge in [0.25, 0.3) is 0 Å². The van der Waals surface area contributed by atoms with Crippen LogP contribution in [0.25, 0.3) is 0 Å². The second-order valence-corrected chi connectivity index (χ2v) is 5.46. The molecule has 0 spiro atoms. The highest BCUT2D eigenvalue weighted by Gasteiger charge is 2.18. The zero-order chi connectivity index (χ0) is 13.7. The Kier molecular flexibility index (Phi) is 5.05. The number of hydrogen-bond acceptors (Lipinski definition) is 4. The first-order valence-electron chi connectivity index (χ1n) is 6.85. The molecule has 3 nitrogen and oxygen atoms in total. The van der Waals surface area contributed by atoms with Crippen molar-refractivity contribution in [3.8, 4) is 0 Å². The first kappa shape index (κ1) is 14.2. The number of aromatic nitrogens is 2. The quantitative estimate of drug-likeness (QED) is 0.879. The Bertz CT molecular complexity index is 522. The summed E-state index contributed by atoms with van der Waals surface area (Å²) < 4.78 is 4.11. The fourth-order valence-electron chi connectivity index (χ4n) is 2.29. The summed E-state index contributed by atoms with van der Waals surface area (Å²) in [6.45, 7) is 7.41. The molecule has 0 fully saturated rings. The fraction of sp³-hybridized carbons (Fsp3) is 0.467. The Morgan fingerprint density at radius 2 is 2.05 bits per heavy atom. The summed E-state index contributed by atoms with van der Waals surface area (Å²) in [5, 5.41) is 7.80. The summed E-state index contributed by atoms with van der Waals surface area (Å²) in [5.74, 6) is 0. The number of aryl methyl sites for hydroxylation is 2. The van der Waals surface area contributed by atoms with Crippen LogP contribution < -0.4 is 5.32 Å². The van der Waals surface area contributed by atoms with E-state index in [9.17, 15) is 0 Å². The van der Waals surface area contributed by atoms with E-state index in [1.165, 1.54) is 27.5 Å². The summed E-state index contributed by atoms with van der Waals surface area (Å²) in [5.41, 5.74) is 3.87. The molecule has 1 aromatic carbocycles. The second-order valence-electron chi connectivity index (χ2n) is 4.68. The second kappa shape index (κ2) is 6.78. The first-order chi connectivity index (χ1) is 9.26. The zero-order valence-corrected chi connectivity index (χ0v) is 12.6. The van der Waals surface area contributed by atoms with Crippen LogP contribution in [0.1, 0.15) is 41.6 Å². The van der Waals surface area contributed by atoms with E-state index in [4.69, 9.17) is 0 Å². The van der Waals surface area contributed by atoms with Gasteiger partial charge in [0.15, 0.2) is 0 Å². The number of rotatable bonds is 6. The normalized spacial score (nSPS) is 12.6. The van der Waals surface area contributed by atoms with Crippen LogP contribution in [0.4, 0.5) is 0 Å². The van der Waals surface area contributed by atoms with Gasteiger partial charge in [0.05, 0.1) is 10.6 Å². The molecule has 0 saturated heterocycles. The molecular weight excluding hydrogens is 254 g/mol. The molecule has 102 valence electrons. The number of nitrogens with zero attached hydrogens (tertiary/aromatic N) is 2. The summed E-state index contributed by atoms with van der Waals surface area (Å²) in [6.07, 6.45) is 1.94. The monoisotopic (exact) mass is 275 g/mol. The van der Waals surface area contributed by atoms with Crippen LogP contribution in [0.15, 0.2) is 24.3 Å². The van der Waals surface area contributed by atoms with Gasteiger partial charge in [0.1, 0.15) is 0 Å². The molecule has 1 unspecified atom stereocenters. The SMILES string of the molecule is CCNC(Cc1ccccc1C)c1snnc1CC. The van der Waals surface area contributed by atoms with Crippen LogP contribution in [0.3, 0.4) is 0 Å². The highest BCUT2D eigenvalue weighted by Crippen LogP contribution is 2.25. The van der Waals surface area contributed by atoms with Crippen molar-refractivity contribution in [1.82, 2.24) is 14.9 Å². The summed E-state index contributed by atoms with van der Waals surface area (Å²) >= 11 is 1.52. The molecule has 1 heterocycles. The number of nitrogens with one attached hydrogen (secondary N) is 1. The van der Waals surface area contributed by atoms with Gasteiger partial charge < -0.3 is 5.32 Å². The molecule has 4 heteroatoms. The molecule has 19 heavy (non-hydrogen) atoms. The van der Waals surface area contributed by atoms with Gasteiger partial charge in [-0.2, -0.15) is 0 Å². The lowest BCUT2D eigenvalue weighted by Crippen LogP contribution is -2.23. The van der Waals surface area contributed by atoms with Gasteiger partial charge in [-0.3, -0.25) is 0 Å². The molecule has 1 aromatic heterocycles. The van der Waals surface area contributed by atoms with E-state index in [-0.39, 0.29) is 0 Å². The molecule has 0 saturated carbocycles. The molecule has 2 aromatic rings. The molecule has 0 amide bonds. The number of likely N-dealkylation sites (N-methyl/N-ethyl adjacent to an activating group) is 1. The Morgan fingerprint density at radius 1 is 1.26 bits per heavy atom. The van der Waals surface area contributed by atoms with Gasteiger partial charge in [-0.25, -0.2) is 0 Å². The maximum atomic E-state index is 4.23. The van der Waals surface area contributed by atoms with E-state index < -0.39 is 0 Å². The van der Waals surface area contributed by atoms with Crippen molar-refractivity contribution in [3.05, 3.63) is 46.0 Å². The summed E-state index contributed by atoms with van der Waals surface area (Å²) in [4.78, 5) is 1.28. The predicted octanol–water partition coefficient (Wildman–Crippen LogP) is 3.30. The van der Waals surface area contributed by atoms with Crippen molar-refractivity contribution in [1.29, 1.82) is 0 Å². The van der Waals surface area contributed by atoms with E-state index in [2.05, 4.69) is 59.9 Å². The Hall–Kier alpha value is -1.26. The molecular formula is C15H21N3S. The van der Waals surface area contributed by atoms with Crippen molar-refractivity contribution in [3.63, 3.8) is 0 Å². The minimum Gasteiger partial charge on any atom is -0.309 e. The minimum absolute atomic E-state index is 0.320. The molecule has 0 aliphatic carbocycles.